The molecule has 4 rings (SSSR count). The van der Waals surface area contributed by atoms with Crippen LogP contribution in [0, 0.1) is 47.1 Å². The molecule has 203 valence electrons. The lowest BCUT2D eigenvalue weighted by atomic mass is 9.68. The Morgan fingerprint density at radius 2 is 1.46 bits per heavy atom. The summed E-state index contributed by atoms with van der Waals surface area (Å²) in [5, 5.41) is 0. The molecule has 0 spiro atoms. The summed E-state index contributed by atoms with van der Waals surface area (Å²) >= 11 is 0. The van der Waals surface area contributed by atoms with Crippen LogP contribution in [0.25, 0.3) is 0 Å². The second kappa shape index (κ2) is 12.4. The minimum Gasteiger partial charge on any atom is -0.453 e. The molecule has 2 aliphatic rings. The number of unbranched alkanes of at least 4 members (excludes halogenated alkanes) is 1. The van der Waals surface area contributed by atoms with E-state index in [9.17, 15) is 22.0 Å². The van der Waals surface area contributed by atoms with Gasteiger partial charge in [-0.1, -0.05) is 39.0 Å². The van der Waals surface area contributed by atoms with Crippen LogP contribution >= 0.6 is 0 Å². The van der Waals surface area contributed by atoms with E-state index >= 15 is 4.39 Å². The molecule has 2 fully saturated rings. The van der Waals surface area contributed by atoms with Gasteiger partial charge in [0.25, 0.3) is 0 Å². The van der Waals surface area contributed by atoms with Gasteiger partial charge in [0.2, 0.25) is 0 Å². The molecule has 2 aromatic carbocycles. The van der Waals surface area contributed by atoms with Crippen molar-refractivity contribution in [3.05, 3.63) is 53.1 Å². The Bertz CT molecular complexity index is 1020. The fourth-order valence-electron chi connectivity index (χ4n) is 6.18. The van der Waals surface area contributed by atoms with Crippen molar-refractivity contribution >= 4 is 0 Å². The quantitative estimate of drug-likeness (QED) is 0.302. The molecule has 0 aliphatic heterocycles. The summed E-state index contributed by atoms with van der Waals surface area (Å²) in [7, 11) is 0. The van der Waals surface area contributed by atoms with Gasteiger partial charge in [-0.15, -0.1) is 0 Å². The van der Waals surface area contributed by atoms with E-state index in [1.54, 1.807) is 0 Å². The summed E-state index contributed by atoms with van der Waals surface area (Å²) in [6.45, 7) is -1.20. The summed E-state index contributed by atoms with van der Waals surface area (Å²) in [4.78, 5) is 0. The fraction of sp³-hybridized carbons (Fsp3) is 0.586. The van der Waals surface area contributed by atoms with Crippen LogP contribution in [0.5, 0.6) is 17.2 Å². The number of rotatable bonds is 9. The first-order valence-corrected chi connectivity index (χ1v) is 13.3. The molecule has 2 aliphatic carbocycles. The molecular formula is C29H33F6O2. The molecular weight excluding hydrogens is 494 g/mol. The van der Waals surface area contributed by atoms with Crippen molar-refractivity contribution in [2.45, 2.75) is 90.1 Å². The van der Waals surface area contributed by atoms with E-state index < -0.39 is 47.1 Å². The molecule has 0 heterocycles. The summed E-state index contributed by atoms with van der Waals surface area (Å²) in [6, 6.07) is 4.48. The van der Waals surface area contributed by atoms with Crippen LogP contribution in [0.2, 0.25) is 0 Å². The van der Waals surface area contributed by atoms with Crippen molar-refractivity contribution in [3.8, 4) is 17.2 Å². The van der Waals surface area contributed by atoms with Crippen LogP contribution < -0.4 is 9.47 Å². The fourth-order valence-corrected chi connectivity index (χ4v) is 6.18. The van der Waals surface area contributed by atoms with Crippen LogP contribution in [0.3, 0.4) is 0 Å². The maximum atomic E-state index is 15.3. The highest BCUT2D eigenvalue weighted by Crippen LogP contribution is 2.46. The first-order chi connectivity index (χ1) is 17.8. The third-order valence-electron chi connectivity index (χ3n) is 8.13. The van der Waals surface area contributed by atoms with Gasteiger partial charge in [0.15, 0.2) is 29.0 Å². The molecule has 0 saturated heterocycles. The largest absolute Gasteiger partial charge is 0.453 e. The number of hydrogen-bond donors (Lipinski definition) is 0. The predicted molar refractivity (Wildman–Crippen MR) is 128 cm³/mol. The van der Waals surface area contributed by atoms with Gasteiger partial charge in [0.1, 0.15) is 11.6 Å². The van der Waals surface area contributed by atoms with Gasteiger partial charge < -0.3 is 9.47 Å². The second-order valence-corrected chi connectivity index (χ2v) is 10.4. The summed E-state index contributed by atoms with van der Waals surface area (Å²) < 4.78 is 91.9. The Kier molecular flexibility index (Phi) is 9.30. The molecule has 37 heavy (non-hydrogen) atoms. The normalized spacial score (nSPS) is 24.3. The van der Waals surface area contributed by atoms with Gasteiger partial charge in [0.05, 0.1) is 0 Å². The number of benzene rings is 2. The van der Waals surface area contributed by atoms with Crippen molar-refractivity contribution in [1.82, 2.24) is 0 Å². The van der Waals surface area contributed by atoms with Gasteiger partial charge in [0, 0.05) is 23.8 Å². The summed E-state index contributed by atoms with van der Waals surface area (Å²) in [5.74, 6) is -5.07. The van der Waals surface area contributed by atoms with E-state index in [1.807, 2.05) is 0 Å². The topological polar surface area (TPSA) is 18.5 Å². The predicted octanol–water partition coefficient (Wildman–Crippen LogP) is 9.71. The SMILES string of the molecule is CCCC[C@H]1CC[C@H](C2CCC(c3c(F)c[c]c(Oc4cc(F)c(OC(F)F)c(F)c4)c3F)CC2)CC1. The Morgan fingerprint density at radius 3 is 2.03 bits per heavy atom. The maximum absolute atomic E-state index is 15.3. The zero-order valence-corrected chi connectivity index (χ0v) is 21.0. The van der Waals surface area contributed by atoms with E-state index in [4.69, 9.17) is 4.74 Å². The first-order valence-electron chi connectivity index (χ1n) is 13.3. The van der Waals surface area contributed by atoms with Crippen molar-refractivity contribution in [1.29, 1.82) is 0 Å². The van der Waals surface area contributed by atoms with E-state index in [0.29, 0.717) is 36.8 Å². The Labute approximate surface area is 214 Å². The van der Waals surface area contributed by atoms with Crippen molar-refractivity contribution in [3.63, 3.8) is 0 Å². The zero-order chi connectivity index (χ0) is 26.5. The minimum atomic E-state index is -3.42. The lowest BCUT2D eigenvalue weighted by molar-refractivity contribution is -0.0547. The molecule has 8 heteroatoms. The Morgan fingerprint density at radius 1 is 0.865 bits per heavy atom. The van der Waals surface area contributed by atoms with E-state index in [-0.39, 0.29) is 11.5 Å². The molecule has 2 aromatic rings. The minimum absolute atomic E-state index is 0.103. The molecule has 0 atom stereocenters. The summed E-state index contributed by atoms with van der Waals surface area (Å²) in [6.07, 6.45) is 12.0. The van der Waals surface area contributed by atoms with E-state index in [0.717, 1.165) is 24.8 Å². The number of hydrogen-bond acceptors (Lipinski definition) is 2. The molecule has 0 aromatic heterocycles. The van der Waals surface area contributed by atoms with Gasteiger partial charge in [-0.05, 0) is 68.3 Å². The van der Waals surface area contributed by atoms with Crippen LogP contribution in [0.4, 0.5) is 26.3 Å². The highest BCUT2D eigenvalue weighted by atomic mass is 19.3. The van der Waals surface area contributed by atoms with Crippen molar-refractivity contribution in [2.24, 2.45) is 17.8 Å². The lowest BCUT2D eigenvalue weighted by Crippen LogP contribution is -2.26. The second-order valence-electron chi connectivity index (χ2n) is 10.4. The number of ether oxygens (including phenoxy) is 2. The number of alkyl halides is 2. The van der Waals surface area contributed by atoms with Crippen LogP contribution in [-0.2, 0) is 0 Å². The van der Waals surface area contributed by atoms with Crippen molar-refractivity contribution < 1.29 is 35.8 Å². The molecule has 1 radical (unpaired) electrons. The van der Waals surface area contributed by atoms with Crippen molar-refractivity contribution in [2.75, 3.05) is 0 Å². The average molecular weight is 528 g/mol. The van der Waals surface area contributed by atoms with Gasteiger partial charge in [-0.2, -0.15) is 8.78 Å². The van der Waals surface area contributed by atoms with E-state index in [1.165, 1.54) is 44.9 Å². The molecule has 2 nitrogen and oxygen atoms in total. The van der Waals surface area contributed by atoms with Gasteiger partial charge in [-0.3, -0.25) is 0 Å². The maximum Gasteiger partial charge on any atom is 0.387 e. The average Bonchev–Trinajstić information content (AvgIpc) is 2.87. The third-order valence-corrected chi connectivity index (χ3v) is 8.13. The Hall–Kier alpha value is -2.38. The van der Waals surface area contributed by atoms with Gasteiger partial charge in [-0.25, -0.2) is 17.6 Å². The molecule has 2 saturated carbocycles. The zero-order valence-electron chi connectivity index (χ0n) is 21.0. The number of halogens is 6. The molecule has 0 unspecified atom stereocenters. The van der Waals surface area contributed by atoms with Crippen LogP contribution in [-0.4, -0.2) is 6.61 Å². The Balaban J connectivity index is 1.40. The lowest BCUT2D eigenvalue weighted by Gasteiger charge is -2.38. The standard InChI is InChI=1S/C29H33F6O2/c1-2-3-4-17-5-7-18(8-6-17)19-9-11-20(12-10-19)26-22(30)13-14-25(27(26)33)36-21-15-23(31)28(24(32)16-21)37-29(34)35/h13,15-20,29H,2-12H2,1H3/t17-,18-,19?,20?. The highest BCUT2D eigenvalue weighted by molar-refractivity contribution is 5.40. The molecule has 0 amide bonds. The smallest absolute Gasteiger partial charge is 0.387 e. The van der Waals surface area contributed by atoms with Gasteiger partial charge >= 0.3 is 6.61 Å². The van der Waals surface area contributed by atoms with Crippen LogP contribution in [0.1, 0.15) is 89.0 Å². The molecule has 0 bridgehead atoms. The van der Waals surface area contributed by atoms with Crippen LogP contribution in [0.15, 0.2) is 18.2 Å². The molecule has 0 N–H and O–H groups in total. The third kappa shape index (κ3) is 6.74. The van der Waals surface area contributed by atoms with E-state index in [2.05, 4.69) is 17.7 Å². The summed E-state index contributed by atoms with van der Waals surface area (Å²) in [5.41, 5.74) is -0.103. The first kappa shape index (κ1) is 27.6. The monoisotopic (exact) mass is 527 g/mol. The highest BCUT2D eigenvalue weighted by Gasteiger charge is 2.33.